The van der Waals surface area contributed by atoms with Gasteiger partial charge in [0.25, 0.3) is 0 Å². The Balaban J connectivity index is 1.85. The van der Waals surface area contributed by atoms with Crippen LogP contribution in [0.4, 0.5) is 0 Å². The summed E-state index contributed by atoms with van der Waals surface area (Å²) in [5.74, 6) is 2.11. The molecule has 0 aromatic rings. The molecule has 3 fully saturated rings. The fourth-order valence-corrected chi connectivity index (χ4v) is 4.07. The lowest BCUT2D eigenvalue weighted by Crippen LogP contribution is -2.19. The number of nitrogens with one attached hydrogen (secondary N) is 1. The molecule has 10 heavy (non-hydrogen) atoms. The highest BCUT2D eigenvalue weighted by molar-refractivity contribution is 7.99. The third-order valence-corrected chi connectivity index (χ3v) is 4.67. The van der Waals surface area contributed by atoms with Crippen molar-refractivity contribution in [3.8, 4) is 0 Å². The highest BCUT2D eigenvalue weighted by atomic mass is 32.2. The zero-order chi connectivity index (χ0) is 6.72. The monoisotopic (exact) mass is 155 g/mol. The Morgan fingerprint density at radius 3 is 2.80 bits per heavy atom. The van der Waals surface area contributed by atoms with Gasteiger partial charge in [-0.05, 0) is 30.9 Å². The van der Waals surface area contributed by atoms with E-state index < -0.39 is 0 Å². The van der Waals surface area contributed by atoms with E-state index in [1.807, 2.05) is 0 Å². The van der Waals surface area contributed by atoms with Crippen molar-refractivity contribution < 1.29 is 0 Å². The summed E-state index contributed by atoms with van der Waals surface area (Å²) in [6.07, 6.45) is 5.30. The van der Waals surface area contributed by atoms with E-state index in [2.05, 4.69) is 23.3 Å². The number of hydrogen-bond acceptors (Lipinski definition) is 2. The lowest BCUT2D eigenvalue weighted by molar-refractivity contribution is 0.553. The van der Waals surface area contributed by atoms with Crippen molar-refractivity contribution >= 4 is 11.8 Å². The van der Waals surface area contributed by atoms with Crippen LogP contribution in [0.25, 0.3) is 0 Å². The van der Waals surface area contributed by atoms with Crippen LogP contribution in [0.15, 0.2) is 0 Å². The van der Waals surface area contributed by atoms with Crippen LogP contribution in [0.2, 0.25) is 0 Å². The lowest BCUT2D eigenvalue weighted by Gasteiger charge is -2.16. The van der Waals surface area contributed by atoms with Gasteiger partial charge in [-0.25, -0.2) is 0 Å². The fourth-order valence-electron chi connectivity index (χ4n) is 3.00. The molecule has 2 aliphatic carbocycles. The van der Waals surface area contributed by atoms with E-state index in [4.69, 9.17) is 0 Å². The van der Waals surface area contributed by atoms with Gasteiger partial charge in [0, 0.05) is 17.3 Å². The maximum Gasteiger partial charge on any atom is 0.0266 e. The molecule has 56 valence electrons. The zero-order valence-electron chi connectivity index (χ0n) is 6.21. The summed E-state index contributed by atoms with van der Waals surface area (Å²) in [6, 6.07) is 1.92. The molecule has 0 aromatic heterocycles. The SMILES string of the molecule is CSC1CC2CC1C1NC21. The first-order chi connectivity index (χ1) is 4.90. The number of fused-ring (bicyclic) bond motifs is 5. The van der Waals surface area contributed by atoms with Gasteiger partial charge in [0.2, 0.25) is 0 Å². The molecule has 5 atom stereocenters. The highest BCUT2D eigenvalue weighted by Crippen LogP contribution is 2.54. The zero-order valence-corrected chi connectivity index (χ0v) is 7.03. The molecule has 0 radical (unpaired) electrons. The van der Waals surface area contributed by atoms with E-state index in [0.717, 1.165) is 29.2 Å². The van der Waals surface area contributed by atoms with E-state index in [9.17, 15) is 0 Å². The van der Waals surface area contributed by atoms with Gasteiger partial charge in [-0.2, -0.15) is 11.8 Å². The van der Waals surface area contributed by atoms with Crippen LogP contribution >= 0.6 is 11.8 Å². The van der Waals surface area contributed by atoms with Crippen LogP contribution in [0.1, 0.15) is 12.8 Å². The third kappa shape index (κ3) is 0.554. The van der Waals surface area contributed by atoms with Gasteiger partial charge >= 0.3 is 0 Å². The second-order valence-electron chi connectivity index (χ2n) is 3.89. The second-order valence-corrected chi connectivity index (χ2v) is 4.96. The van der Waals surface area contributed by atoms with Gasteiger partial charge < -0.3 is 5.32 Å². The summed E-state index contributed by atoms with van der Waals surface area (Å²) >= 11 is 2.09. The molecule has 1 nitrogen and oxygen atoms in total. The minimum Gasteiger partial charge on any atom is -0.308 e. The second kappa shape index (κ2) is 1.72. The van der Waals surface area contributed by atoms with Crippen LogP contribution in [0.5, 0.6) is 0 Å². The molecule has 0 aromatic carbocycles. The van der Waals surface area contributed by atoms with E-state index >= 15 is 0 Å². The predicted octanol–water partition coefficient (Wildman–Crippen LogP) is 1.10. The molecule has 0 spiro atoms. The van der Waals surface area contributed by atoms with Crippen LogP contribution in [0, 0.1) is 11.8 Å². The molecule has 1 aliphatic heterocycles. The maximum absolute atomic E-state index is 3.58. The molecule has 2 bridgehead atoms. The summed E-state index contributed by atoms with van der Waals surface area (Å²) in [5, 5.41) is 4.58. The average Bonchev–Trinajstić information content (AvgIpc) is 2.58. The molecule has 1 heterocycles. The number of hydrogen-bond donors (Lipinski definition) is 1. The number of rotatable bonds is 1. The Hall–Kier alpha value is 0.310. The normalized spacial score (nSPS) is 62.7. The van der Waals surface area contributed by atoms with Crippen molar-refractivity contribution in [1.82, 2.24) is 5.32 Å². The molecule has 3 rings (SSSR count). The Morgan fingerprint density at radius 1 is 1.30 bits per heavy atom. The van der Waals surface area contributed by atoms with E-state index in [1.54, 1.807) is 0 Å². The maximum atomic E-state index is 3.58. The summed E-state index contributed by atoms with van der Waals surface area (Å²) < 4.78 is 0. The van der Waals surface area contributed by atoms with Crippen molar-refractivity contribution in [2.24, 2.45) is 11.8 Å². The van der Waals surface area contributed by atoms with Crippen molar-refractivity contribution in [2.45, 2.75) is 30.2 Å². The van der Waals surface area contributed by atoms with Gasteiger partial charge in [0.05, 0.1) is 0 Å². The summed E-state index contributed by atoms with van der Waals surface area (Å²) in [7, 11) is 0. The van der Waals surface area contributed by atoms with Crippen molar-refractivity contribution in [2.75, 3.05) is 6.26 Å². The van der Waals surface area contributed by atoms with Crippen LogP contribution in [-0.2, 0) is 0 Å². The van der Waals surface area contributed by atoms with Gasteiger partial charge in [0.15, 0.2) is 0 Å². The smallest absolute Gasteiger partial charge is 0.0266 e. The third-order valence-electron chi connectivity index (χ3n) is 3.52. The van der Waals surface area contributed by atoms with Gasteiger partial charge in [0.1, 0.15) is 0 Å². The Morgan fingerprint density at radius 2 is 2.20 bits per heavy atom. The topological polar surface area (TPSA) is 21.9 Å². The Kier molecular flexibility index (Phi) is 1.02. The molecule has 1 saturated heterocycles. The molecule has 1 N–H and O–H groups in total. The number of thioether (sulfide) groups is 1. The average molecular weight is 155 g/mol. The molecule has 2 heteroatoms. The molecular weight excluding hydrogens is 142 g/mol. The van der Waals surface area contributed by atoms with Crippen molar-refractivity contribution in [1.29, 1.82) is 0 Å². The Labute approximate surface area is 65.9 Å². The quantitative estimate of drug-likeness (QED) is 0.573. The molecule has 5 unspecified atom stereocenters. The van der Waals surface area contributed by atoms with Gasteiger partial charge in [-0.1, -0.05) is 0 Å². The highest BCUT2D eigenvalue weighted by Gasteiger charge is 2.60. The Bertz CT molecular complexity index is 171. The van der Waals surface area contributed by atoms with Crippen LogP contribution < -0.4 is 5.32 Å². The van der Waals surface area contributed by atoms with Crippen LogP contribution in [-0.4, -0.2) is 23.6 Å². The minimum atomic E-state index is 0.955. The molecule has 2 saturated carbocycles. The standard InChI is InChI=1S/C8H13NS/c1-10-6-3-4-2-5(6)8-7(4)9-8/h4-9H,2-3H2,1H3. The first-order valence-corrected chi connectivity index (χ1v) is 5.48. The fraction of sp³-hybridized carbons (Fsp3) is 1.00. The van der Waals surface area contributed by atoms with Gasteiger partial charge in [-0.15, -0.1) is 0 Å². The van der Waals surface area contributed by atoms with Crippen molar-refractivity contribution in [3.63, 3.8) is 0 Å². The van der Waals surface area contributed by atoms with Crippen LogP contribution in [0.3, 0.4) is 0 Å². The summed E-state index contributed by atoms with van der Waals surface area (Å²) in [4.78, 5) is 0. The van der Waals surface area contributed by atoms with E-state index in [1.165, 1.54) is 12.8 Å². The summed E-state index contributed by atoms with van der Waals surface area (Å²) in [6.45, 7) is 0. The summed E-state index contributed by atoms with van der Waals surface area (Å²) in [5.41, 5.74) is 0. The van der Waals surface area contributed by atoms with Gasteiger partial charge in [-0.3, -0.25) is 0 Å². The predicted molar refractivity (Wildman–Crippen MR) is 44.2 cm³/mol. The first-order valence-electron chi connectivity index (χ1n) is 4.19. The van der Waals surface area contributed by atoms with Crippen molar-refractivity contribution in [3.05, 3.63) is 0 Å². The van der Waals surface area contributed by atoms with E-state index in [-0.39, 0.29) is 0 Å². The molecule has 3 aliphatic rings. The lowest BCUT2D eigenvalue weighted by atomic mass is 10.0. The van der Waals surface area contributed by atoms with E-state index in [0.29, 0.717) is 0 Å². The molecular formula is C8H13NS. The minimum absolute atomic E-state index is 0.955. The first kappa shape index (κ1) is 5.90. The number of piperidine rings is 1. The molecule has 0 amide bonds. The largest absolute Gasteiger partial charge is 0.308 e.